The zero-order chi connectivity index (χ0) is 29.4. The molecule has 0 radical (unpaired) electrons. The monoisotopic (exact) mass is 580 g/mol. The predicted octanol–water partition coefficient (Wildman–Crippen LogP) is 1.12. The van der Waals surface area contributed by atoms with E-state index in [0.717, 1.165) is 38.5 Å². The van der Waals surface area contributed by atoms with Crippen molar-refractivity contribution in [3.63, 3.8) is 0 Å². The second-order valence-electron chi connectivity index (χ2n) is 11.3. The molecule has 3 aromatic rings. The third-order valence-corrected chi connectivity index (χ3v) is 8.16. The molecule has 3 fully saturated rings. The number of carbonyl (C=O) groups is 2. The largest absolute Gasteiger partial charge is 0.415 e. The minimum Gasteiger partial charge on any atom is -0.410 e. The highest BCUT2D eigenvalue weighted by molar-refractivity contribution is 5.83. The molecule has 6 rings (SSSR count). The molecule has 2 aromatic heterocycles. The number of aromatic nitrogens is 4. The topological polar surface area (TPSA) is 204 Å². The lowest BCUT2D eigenvalue weighted by atomic mass is 9.91. The van der Waals surface area contributed by atoms with Gasteiger partial charge in [-0.25, -0.2) is 19.7 Å². The van der Waals surface area contributed by atoms with Crippen molar-refractivity contribution in [2.24, 2.45) is 5.92 Å². The van der Waals surface area contributed by atoms with Gasteiger partial charge in [0.15, 0.2) is 23.8 Å². The van der Waals surface area contributed by atoms with E-state index in [9.17, 15) is 19.8 Å². The third kappa shape index (κ3) is 5.96. The van der Waals surface area contributed by atoms with E-state index < -0.39 is 30.4 Å². The fourth-order valence-corrected chi connectivity index (χ4v) is 5.55. The SMILES string of the molecule is Nc1ccc(OC(=O)N2CCC(CCCc3nc(N)c4ncn(C5OC(C(=O)NC6CC6)[C@H](O)[C@@H]5O)c4n3)CC2)cc1. The number of imidazole rings is 1. The summed E-state index contributed by atoms with van der Waals surface area (Å²) in [5.41, 5.74) is 13.2. The van der Waals surface area contributed by atoms with Crippen LogP contribution in [0.15, 0.2) is 30.6 Å². The smallest absolute Gasteiger partial charge is 0.410 e. The summed E-state index contributed by atoms with van der Waals surface area (Å²) in [5, 5.41) is 24.0. The summed E-state index contributed by atoms with van der Waals surface area (Å²) >= 11 is 0. The number of amides is 2. The molecule has 2 saturated heterocycles. The second kappa shape index (κ2) is 11.7. The second-order valence-corrected chi connectivity index (χ2v) is 11.3. The number of hydrogen-bond acceptors (Lipinski definition) is 11. The van der Waals surface area contributed by atoms with E-state index in [1.807, 2.05) is 0 Å². The molecule has 1 aliphatic carbocycles. The first-order valence-electron chi connectivity index (χ1n) is 14.4. The number of piperidine rings is 1. The maximum absolute atomic E-state index is 12.5. The van der Waals surface area contributed by atoms with Crippen LogP contribution >= 0.6 is 0 Å². The van der Waals surface area contributed by atoms with Crippen molar-refractivity contribution < 1.29 is 29.3 Å². The van der Waals surface area contributed by atoms with Gasteiger partial charge >= 0.3 is 6.09 Å². The lowest BCUT2D eigenvalue weighted by molar-refractivity contribution is -0.137. The third-order valence-electron chi connectivity index (χ3n) is 8.16. The highest BCUT2D eigenvalue weighted by atomic mass is 16.6. The van der Waals surface area contributed by atoms with Crippen molar-refractivity contribution in [2.45, 2.75) is 75.5 Å². The number of anilines is 2. The summed E-state index contributed by atoms with van der Waals surface area (Å²) in [4.78, 5) is 40.1. The van der Waals surface area contributed by atoms with Crippen LogP contribution in [0.3, 0.4) is 0 Å². The zero-order valence-corrected chi connectivity index (χ0v) is 23.1. The van der Waals surface area contributed by atoms with E-state index in [2.05, 4.69) is 20.3 Å². The number of nitrogen functional groups attached to an aromatic ring is 2. The number of aliphatic hydroxyl groups is 2. The van der Waals surface area contributed by atoms with Gasteiger partial charge in [0.2, 0.25) is 0 Å². The Morgan fingerprint density at radius 3 is 2.50 bits per heavy atom. The first-order valence-corrected chi connectivity index (χ1v) is 14.4. The lowest BCUT2D eigenvalue weighted by Crippen LogP contribution is -2.43. The minimum atomic E-state index is -1.39. The summed E-state index contributed by atoms with van der Waals surface area (Å²) < 4.78 is 12.7. The number of nitrogens with two attached hydrogens (primary N) is 2. The minimum absolute atomic E-state index is 0.0954. The normalized spacial score (nSPS) is 24.7. The summed E-state index contributed by atoms with van der Waals surface area (Å²) in [6, 6.07) is 6.84. The van der Waals surface area contributed by atoms with Crippen molar-refractivity contribution in [3.05, 3.63) is 36.4 Å². The Labute approximate surface area is 242 Å². The molecular weight excluding hydrogens is 544 g/mol. The number of carbonyl (C=O) groups excluding carboxylic acids is 2. The highest BCUT2D eigenvalue weighted by Crippen LogP contribution is 2.33. The van der Waals surface area contributed by atoms with Crippen LogP contribution in [0.1, 0.15) is 50.6 Å². The van der Waals surface area contributed by atoms with Gasteiger partial charge in [-0.1, -0.05) is 0 Å². The Hall–Kier alpha value is -4.01. The predicted molar refractivity (Wildman–Crippen MR) is 151 cm³/mol. The van der Waals surface area contributed by atoms with Crippen molar-refractivity contribution in [1.82, 2.24) is 29.7 Å². The Balaban J connectivity index is 1.03. The molecule has 2 unspecified atom stereocenters. The Bertz CT molecular complexity index is 1440. The maximum atomic E-state index is 12.5. The van der Waals surface area contributed by atoms with Gasteiger partial charge in [-0.2, -0.15) is 0 Å². The van der Waals surface area contributed by atoms with Crippen molar-refractivity contribution >= 4 is 34.7 Å². The number of likely N-dealkylation sites (tertiary alicyclic amines) is 1. The van der Waals surface area contributed by atoms with Gasteiger partial charge in [-0.15, -0.1) is 0 Å². The number of benzene rings is 1. The number of hydrogen-bond donors (Lipinski definition) is 5. The number of rotatable bonds is 8. The van der Waals surface area contributed by atoms with Crippen molar-refractivity contribution in [1.29, 1.82) is 0 Å². The van der Waals surface area contributed by atoms with Crippen LogP contribution in [0.25, 0.3) is 11.2 Å². The van der Waals surface area contributed by atoms with Crippen LogP contribution in [0.5, 0.6) is 5.75 Å². The van der Waals surface area contributed by atoms with Gasteiger partial charge in [0.05, 0.1) is 6.33 Å². The van der Waals surface area contributed by atoms with Gasteiger partial charge in [0.1, 0.15) is 29.3 Å². The van der Waals surface area contributed by atoms with E-state index in [0.29, 0.717) is 53.9 Å². The summed E-state index contributed by atoms with van der Waals surface area (Å²) in [6.07, 6.45) is 1.94. The molecule has 1 saturated carbocycles. The Kier molecular flexibility index (Phi) is 7.84. The fourth-order valence-electron chi connectivity index (χ4n) is 5.55. The number of aliphatic hydroxyl groups excluding tert-OH is 2. The van der Waals surface area contributed by atoms with E-state index in [1.165, 1.54) is 10.9 Å². The van der Waals surface area contributed by atoms with Gasteiger partial charge < -0.3 is 41.4 Å². The van der Waals surface area contributed by atoms with Crippen LogP contribution in [0, 0.1) is 5.92 Å². The molecule has 0 spiro atoms. The molecule has 1 aromatic carbocycles. The molecule has 3 aliphatic rings. The number of fused-ring (bicyclic) bond motifs is 1. The van der Waals surface area contributed by atoms with Crippen LogP contribution in [0.4, 0.5) is 16.3 Å². The van der Waals surface area contributed by atoms with E-state index in [4.69, 9.17) is 20.9 Å². The summed E-state index contributed by atoms with van der Waals surface area (Å²) in [7, 11) is 0. The maximum Gasteiger partial charge on any atom is 0.415 e. The van der Waals surface area contributed by atoms with Crippen LogP contribution < -0.4 is 21.5 Å². The van der Waals surface area contributed by atoms with Gasteiger partial charge in [0.25, 0.3) is 5.91 Å². The number of nitrogens with zero attached hydrogens (tertiary/aromatic N) is 5. The molecule has 42 heavy (non-hydrogen) atoms. The number of nitrogens with one attached hydrogen (secondary N) is 1. The molecule has 224 valence electrons. The van der Waals surface area contributed by atoms with Crippen LogP contribution in [0.2, 0.25) is 0 Å². The van der Waals surface area contributed by atoms with Crippen molar-refractivity contribution in [3.8, 4) is 5.75 Å². The molecule has 0 bridgehead atoms. The average molecular weight is 581 g/mol. The fraction of sp³-hybridized carbons (Fsp3) is 0.536. The molecule has 2 amide bonds. The Morgan fingerprint density at radius 1 is 1.05 bits per heavy atom. The molecule has 14 nitrogen and oxygen atoms in total. The summed E-state index contributed by atoms with van der Waals surface area (Å²) in [6.45, 7) is 1.25. The average Bonchev–Trinajstić information content (AvgIpc) is 3.61. The molecule has 4 heterocycles. The van der Waals surface area contributed by atoms with E-state index >= 15 is 0 Å². The molecule has 14 heteroatoms. The van der Waals surface area contributed by atoms with Crippen LogP contribution in [-0.4, -0.2) is 84.1 Å². The Morgan fingerprint density at radius 2 is 1.79 bits per heavy atom. The zero-order valence-electron chi connectivity index (χ0n) is 23.1. The first-order chi connectivity index (χ1) is 20.3. The standard InChI is InChI=1S/C28H36N8O6/c29-16-4-8-18(9-5-16)41-28(40)35-12-10-15(11-13-35)2-1-3-19-33-24(30)20-25(34-19)36(14-31-20)27-22(38)21(37)23(42-27)26(39)32-17-6-7-17/h4-5,8-9,14-15,17,21-23,27,37-38H,1-3,6-7,10-13,29H2,(H,32,39)(H2,30,33,34)/t21-,22+,23?,27?/m1/s1. The number of aryl methyl sites for hydroxylation is 1. The molecular formula is C28H36N8O6. The summed E-state index contributed by atoms with van der Waals surface area (Å²) in [5.74, 6) is 1.22. The van der Waals surface area contributed by atoms with E-state index in [1.54, 1.807) is 29.2 Å². The van der Waals surface area contributed by atoms with Crippen molar-refractivity contribution in [2.75, 3.05) is 24.6 Å². The molecule has 7 N–H and O–H groups in total. The van der Waals surface area contributed by atoms with Gasteiger partial charge in [-0.05, 0) is 68.7 Å². The van der Waals surface area contributed by atoms with Gasteiger partial charge in [-0.3, -0.25) is 9.36 Å². The van der Waals surface area contributed by atoms with Gasteiger partial charge in [0, 0.05) is 31.2 Å². The lowest BCUT2D eigenvalue weighted by Gasteiger charge is -2.31. The quantitative estimate of drug-likeness (QED) is 0.239. The van der Waals surface area contributed by atoms with Crippen LogP contribution in [-0.2, 0) is 16.0 Å². The van der Waals surface area contributed by atoms with E-state index in [-0.39, 0.29) is 18.0 Å². The first kappa shape index (κ1) is 28.1. The number of ether oxygens (including phenoxy) is 2. The molecule has 2 aliphatic heterocycles. The highest BCUT2D eigenvalue weighted by Gasteiger charge is 2.48. The molecule has 4 atom stereocenters.